The highest BCUT2D eigenvalue weighted by molar-refractivity contribution is 7.09. The first-order chi connectivity index (χ1) is 14.0. The average molecular weight is 416 g/mol. The molecule has 2 aromatic carbocycles. The molecule has 0 atom stereocenters. The van der Waals surface area contributed by atoms with E-state index in [-0.39, 0.29) is 11.4 Å². The number of carbonyl (C=O) groups is 1. The van der Waals surface area contributed by atoms with Crippen molar-refractivity contribution >= 4 is 29.0 Å². The number of anilines is 1. The van der Waals surface area contributed by atoms with Gasteiger partial charge in [0, 0.05) is 17.0 Å². The first kappa shape index (κ1) is 20.5. The van der Waals surface area contributed by atoms with Gasteiger partial charge >= 0.3 is 6.61 Å². The van der Waals surface area contributed by atoms with Gasteiger partial charge in [-0.15, -0.1) is 11.3 Å². The molecule has 1 amide bonds. The summed E-state index contributed by atoms with van der Waals surface area (Å²) in [7, 11) is 0. The highest BCUT2D eigenvalue weighted by Crippen LogP contribution is 2.26. The summed E-state index contributed by atoms with van der Waals surface area (Å²) in [4.78, 5) is 16.6. The van der Waals surface area contributed by atoms with Gasteiger partial charge in [-0.1, -0.05) is 30.3 Å². The van der Waals surface area contributed by atoms with Crippen LogP contribution in [0.5, 0.6) is 11.5 Å². The summed E-state index contributed by atoms with van der Waals surface area (Å²) in [6.45, 7) is -0.734. The average Bonchev–Trinajstić information content (AvgIpc) is 3.12. The zero-order valence-electron chi connectivity index (χ0n) is 15.5. The van der Waals surface area contributed by atoms with Gasteiger partial charge in [0.25, 0.3) is 0 Å². The summed E-state index contributed by atoms with van der Waals surface area (Å²) in [6, 6.07) is 13.2. The third kappa shape index (κ3) is 6.11. The second kappa shape index (κ2) is 9.79. The van der Waals surface area contributed by atoms with Crippen molar-refractivity contribution in [1.29, 1.82) is 0 Å². The molecule has 1 N–H and O–H groups in total. The summed E-state index contributed by atoms with van der Waals surface area (Å²) in [5.41, 5.74) is 1.69. The Balaban J connectivity index is 1.66. The van der Waals surface area contributed by atoms with Crippen molar-refractivity contribution < 1.29 is 23.0 Å². The number of aromatic nitrogens is 1. The fraction of sp³-hybridized carbons (Fsp3) is 0.143. The maximum absolute atomic E-state index is 12.5. The SMILES string of the molecule is Cc1nc(COc2ccccc2/C=C/C(=O)Nc2ccccc2OC(F)F)cs1. The van der Waals surface area contributed by atoms with Gasteiger partial charge < -0.3 is 14.8 Å². The Labute approximate surface area is 170 Å². The molecule has 0 bridgehead atoms. The molecule has 8 heteroatoms. The summed E-state index contributed by atoms with van der Waals surface area (Å²) in [5, 5.41) is 5.43. The molecular weight excluding hydrogens is 398 g/mol. The van der Waals surface area contributed by atoms with Crippen LogP contribution in [0.4, 0.5) is 14.5 Å². The first-order valence-corrected chi connectivity index (χ1v) is 9.55. The number of carbonyl (C=O) groups excluding carboxylic acids is 1. The maximum Gasteiger partial charge on any atom is 0.387 e. The van der Waals surface area contributed by atoms with Crippen LogP contribution in [0.3, 0.4) is 0 Å². The Hall–Kier alpha value is -3.26. The minimum atomic E-state index is -2.98. The highest BCUT2D eigenvalue weighted by atomic mass is 32.1. The summed E-state index contributed by atoms with van der Waals surface area (Å²) in [5.74, 6) is 0.00965. The van der Waals surface area contributed by atoms with Gasteiger partial charge in [-0.25, -0.2) is 4.98 Å². The molecule has 0 aliphatic carbocycles. The monoisotopic (exact) mass is 416 g/mol. The van der Waals surface area contributed by atoms with Crippen molar-refractivity contribution in [3.8, 4) is 11.5 Å². The number of nitrogens with zero attached hydrogens (tertiary/aromatic N) is 1. The number of hydrogen-bond acceptors (Lipinski definition) is 5. The third-order valence-electron chi connectivity index (χ3n) is 3.74. The van der Waals surface area contributed by atoms with Gasteiger partial charge in [0.1, 0.15) is 18.1 Å². The van der Waals surface area contributed by atoms with Crippen molar-refractivity contribution in [3.63, 3.8) is 0 Å². The number of para-hydroxylation sites is 3. The summed E-state index contributed by atoms with van der Waals surface area (Å²) in [6.07, 6.45) is 2.89. The molecule has 0 saturated carbocycles. The lowest BCUT2D eigenvalue weighted by molar-refractivity contribution is -0.111. The van der Waals surface area contributed by atoms with Crippen LogP contribution >= 0.6 is 11.3 Å². The van der Waals surface area contributed by atoms with E-state index < -0.39 is 12.5 Å². The van der Waals surface area contributed by atoms with Crippen molar-refractivity contribution in [2.75, 3.05) is 5.32 Å². The minimum Gasteiger partial charge on any atom is -0.487 e. The van der Waals surface area contributed by atoms with Gasteiger partial charge in [-0.05, 0) is 31.2 Å². The number of ether oxygens (including phenoxy) is 2. The molecule has 150 valence electrons. The Morgan fingerprint density at radius 3 is 2.62 bits per heavy atom. The molecule has 5 nitrogen and oxygen atoms in total. The molecule has 3 rings (SSSR count). The van der Waals surface area contributed by atoms with Crippen LogP contribution in [0.2, 0.25) is 0 Å². The number of aryl methyl sites for hydroxylation is 1. The Morgan fingerprint density at radius 1 is 1.17 bits per heavy atom. The predicted molar refractivity (Wildman–Crippen MR) is 108 cm³/mol. The highest BCUT2D eigenvalue weighted by Gasteiger charge is 2.10. The Kier molecular flexibility index (Phi) is 6.91. The molecule has 3 aromatic rings. The maximum atomic E-state index is 12.5. The van der Waals surface area contributed by atoms with E-state index in [0.29, 0.717) is 17.9 Å². The van der Waals surface area contributed by atoms with Crippen LogP contribution in [0, 0.1) is 6.92 Å². The summed E-state index contributed by atoms with van der Waals surface area (Å²) < 4.78 is 35.2. The normalized spacial score (nSPS) is 11.0. The fourth-order valence-corrected chi connectivity index (χ4v) is 3.08. The van der Waals surface area contributed by atoms with Gasteiger partial charge in [-0.2, -0.15) is 8.78 Å². The van der Waals surface area contributed by atoms with Crippen molar-refractivity contribution in [2.45, 2.75) is 20.1 Å². The second-order valence-corrected chi connectivity index (χ2v) is 6.94. The lowest BCUT2D eigenvalue weighted by Crippen LogP contribution is -2.11. The van der Waals surface area contributed by atoms with E-state index in [1.54, 1.807) is 41.7 Å². The van der Waals surface area contributed by atoms with E-state index in [9.17, 15) is 13.6 Å². The number of amides is 1. The van der Waals surface area contributed by atoms with Crippen LogP contribution in [0.1, 0.15) is 16.3 Å². The lowest BCUT2D eigenvalue weighted by Gasteiger charge is -2.10. The number of nitrogens with one attached hydrogen (secondary N) is 1. The van der Waals surface area contributed by atoms with Crippen molar-refractivity contribution in [3.05, 3.63) is 76.3 Å². The van der Waals surface area contributed by atoms with Crippen LogP contribution < -0.4 is 14.8 Å². The standard InChI is InChI=1S/C21H18F2N2O3S/c1-14-24-16(13-29-14)12-27-18-8-4-2-6-15(18)10-11-20(26)25-17-7-3-5-9-19(17)28-21(22)23/h2-11,13,21H,12H2,1H3,(H,25,26)/b11-10+. The number of rotatable bonds is 8. The van der Waals surface area contributed by atoms with Gasteiger partial charge in [0.05, 0.1) is 16.4 Å². The largest absolute Gasteiger partial charge is 0.487 e. The molecule has 0 aliphatic heterocycles. The lowest BCUT2D eigenvalue weighted by atomic mass is 10.2. The first-order valence-electron chi connectivity index (χ1n) is 8.67. The second-order valence-electron chi connectivity index (χ2n) is 5.88. The van der Waals surface area contributed by atoms with Crippen molar-refractivity contribution in [2.24, 2.45) is 0 Å². The van der Waals surface area contributed by atoms with E-state index in [2.05, 4.69) is 15.0 Å². The van der Waals surface area contributed by atoms with Crippen LogP contribution in [0.25, 0.3) is 6.08 Å². The van der Waals surface area contributed by atoms with E-state index in [1.807, 2.05) is 24.4 Å². The molecule has 0 fully saturated rings. The van der Waals surface area contributed by atoms with E-state index in [4.69, 9.17) is 4.74 Å². The summed E-state index contributed by atoms with van der Waals surface area (Å²) >= 11 is 1.55. The van der Waals surface area contributed by atoms with Gasteiger partial charge in [0.15, 0.2) is 0 Å². The van der Waals surface area contributed by atoms with E-state index in [1.165, 1.54) is 18.2 Å². The van der Waals surface area contributed by atoms with Crippen LogP contribution in [0.15, 0.2) is 60.0 Å². The predicted octanol–water partition coefficient (Wildman–Crippen LogP) is 5.28. The number of benzene rings is 2. The van der Waals surface area contributed by atoms with E-state index >= 15 is 0 Å². The molecule has 29 heavy (non-hydrogen) atoms. The zero-order chi connectivity index (χ0) is 20.6. The molecule has 0 unspecified atom stereocenters. The van der Waals surface area contributed by atoms with Gasteiger partial charge in [0.2, 0.25) is 5.91 Å². The molecule has 0 spiro atoms. The Morgan fingerprint density at radius 2 is 1.90 bits per heavy atom. The molecule has 0 radical (unpaired) electrons. The van der Waals surface area contributed by atoms with E-state index in [0.717, 1.165) is 10.7 Å². The molecule has 1 heterocycles. The molecule has 0 saturated heterocycles. The minimum absolute atomic E-state index is 0.105. The molecular formula is C21H18F2N2O3S. The smallest absolute Gasteiger partial charge is 0.387 e. The zero-order valence-corrected chi connectivity index (χ0v) is 16.3. The number of alkyl halides is 2. The number of halogens is 2. The van der Waals surface area contributed by atoms with Crippen molar-refractivity contribution in [1.82, 2.24) is 4.98 Å². The molecule has 1 aromatic heterocycles. The van der Waals surface area contributed by atoms with Crippen LogP contribution in [-0.4, -0.2) is 17.5 Å². The topological polar surface area (TPSA) is 60.5 Å². The Bertz CT molecular complexity index is 1000. The number of hydrogen-bond donors (Lipinski definition) is 1. The molecule has 0 aliphatic rings. The third-order valence-corrected chi connectivity index (χ3v) is 4.56. The number of thiazole rings is 1. The van der Waals surface area contributed by atoms with Gasteiger partial charge in [-0.3, -0.25) is 4.79 Å². The quantitative estimate of drug-likeness (QED) is 0.507. The fourth-order valence-electron chi connectivity index (χ4n) is 2.48. The van der Waals surface area contributed by atoms with Crippen LogP contribution in [-0.2, 0) is 11.4 Å².